The topological polar surface area (TPSA) is 127 Å². The number of aliphatic imine (C=N–C) groups is 1. The molecule has 0 saturated carbocycles. The summed E-state index contributed by atoms with van der Waals surface area (Å²) in [6.07, 6.45) is -3.44. The zero-order valence-corrected chi connectivity index (χ0v) is 25.6. The first-order valence-electron chi connectivity index (χ1n) is 13.7. The van der Waals surface area contributed by atoms with Crippen LogP contribution in [0.1, 0.15) is 34.6 Å². The second-order valence-electron chi connectivity index (χ2n) is 10.5. The van der Waals surface area contributed by atoms with Crippen molar-refractivity contribution >= 4 is 35.1 Å². The summed E-state index contributed by atoms with van der Waals surface area (Å²) in [5, 5.41) is 7.81. The van der Waals surface area contributed by atoms with Gasteiger partial charge in [0.1, 0.15) is 29.7 Å². The Kier molecular flexibility index (Phi) is 9.69. The fourth-order valence-electron chi connectivity index (χ4n) is 4.47. The van der Waals surface area contributed by atoms with Crippen LogP contribution in [0.25, 0.3) is 33.6 Å². The maximum atomic E-state index is 13.7. The summed E-state index contributed by atoms with van der Waals surface area (Å²) in [5.74, 6) is -1.70. The molecule has 0 radical (unpaired) electrons. The van der Waals surface area contributed by atoms with Crippen LogP contribution in [0.2, 0.25) is 0 Å². The number of hydrogen-bond acceptors (Lipinski definition) is 8. The number of amides is 2. The SMILES string of the molecule is C=C(/N=C\OC)C(C)(C)NC(=O)c1cc(-c2cc3c(C(=O)NC)c(-c4ccc(F)cc4)oc3nc2NCC(F)(F)F)ccc1OC. The van der Waals surface area contributed by atoms with Crippen LogP contribution in [0, 0.1) is 5.82 Å². The third-order valence-electron chi connectivity index (χ3n) is 6.92. The predicted octanol–water partition coefficient (Wildman–Crippen LogP) is 6.34. The highest BCUT2D eigenvalue weighted by molar-refractivity contribution is 6.11. The molecule has 0 bridgehead atoms. The van der Waals surface area contributed by atoms with Crippen molar-refractivity contribution in [2.45, 2.75) is 25.6 Å². The maximum Gasteiger partial charge on any atom is 0.405 e. The molecule has 2 aromatic heterocycles. The molecule has 0 aliphatic carbocycles. The number of nitrogens with one attached hydrogen (secondary N) is 3. The maximum absolute atomic E-state index is 13.7. The number of halogens is 4. The summed E-state index contributed by atoms with van der Waals surface area (Å²) in [6, 6.07) is 11.0. The molecule has 46 heavy (non-hydrogen) atoms. The van der Waals surface area contributed by atoms with E-state index < -0.39 is 35.9 Å². The first-order chi connectivity index (χ1) is 21.7. The van der Waals surface area contributed by atoms with E-state index in [0.717, 1.165) is 0 Å². The summed E-state index contributed by atoms with van der Waals surface area (Å²) < 4.78 is 69.8. The van der Waals surface area contributed by atoms with Gasteiger partial charge in [0.05, 0.1) is 42.0 Å². The smallest absolute Gasteiger partial charge is 0.405 e. The fraction of sp³-hybridized carbons (Fsp3) is 0.250. The number of hydrogen-bond donors (Lipinski definition) is 3. The van der Waals surface area contributed by atoms with E-state index in [1.807, 2.05) is 0 Å². The number of methoxy groups -OCH3 is 2. The van der Waals surface area contributed by atoms with E-state index >= 15 is 0 Å². The van der Waals surface area contributed by atoms with E-state index in [0.29, 0.717) is 5.56 Å². The van der Waals surface area contributed by atoms with E-state index in [1.54, 1.807) is 13.8 Å². The number of furan rings is 1. The van der Waals surface area contributed by atoms with Crippen molar-refractivity contribution in [2.24, 2.45) is 4.99 Å². The molecule has 0 spiro atoms. The monoisotopic (exact) mass is 641 g/mol. The van der Waals surface area contributed by atoms with Crippen LogP contribution in [-0.2, 0) is 4.74 Å². The van der Waals surface area contributed by atoms with Gasteiger partial charge in [0.15, 0.2) is 6.40 Å². The Hall–Kier alpha value is -5.40. The Morgan fingerprint density at radius 1 is 1.04 bits per heavy atom. The highest BCUT2D eigenvalue weighted by atomic mass is 19.4. The lowest BCUT2D eigenvalue weighted by Gasteiger charge is -2.26. The number of alkyl halides is 3. The number of aromatic nitrogens is 1. The molecule has 4 rings (SSSR count). The molecule has 2 heterocycles. The lowest BCUT2D eigenvalue weighted by Crippen LogP contribution is -2.44. The van der Waals surface area contributed by atoms with Crippen LogP contribution < -0.4 is 20.7 Å². The summed E-state index contributed by atoms with van der Waals surface area (Å²) in [4.78, 5) is 35.0. The zero-order chi connectivity index (χ0) is 33.8. The Balaban J connectivity index is 1.91. The van der Waals surface area contributed by atoms with E-state index in [1.165, 1.54) is 76.2 Å². The molecule has 0 fully saturated rings. The molecule has 3 N–H and O–H groups in total. The molecular formula is C32H31F4N5O5. The van der Waals surface area contributed by atoms with Crippen molar-refractivity contribution in [1.29, 1.82) is 0 Å². The van der Waals surface area contributed by atoms with Crippen molar-refractivity contribution in [1.82, 2.24) is 15.6 Å². The van der Waals surface area contributed by atoms with Gasteiger partial charge in [-0.05, 0) is 61.9 Å². The van der Waals surface area contributed by atoms with Crippen molar-refractivity contribution in [3.8, 4) is 28.2 Å². The minimum absolute atomic E-state index is 0.0311. The molecule has 0 aliphatic rings. The number of rotatable bonds is 11. The van der Waals surface area contributed by atoms with Gasteiger partial charge in [-0.2, -0.15) is 18.2 Å². The molecule has 2 aromatic carbocycles. The minimum atomic E-state index is -4.60. The van der Waals surface area contributed by atoms with E-state index in [2.05, 4.69) is 32.5 Å². The number of nitrogens with zero attached hydrogens (tertiary/aromatic N) is 2. The summed E-state index contributed by atoms with van der Waals surface area (Å²) in [5.41, 5.74) is -0.0907. The lowest BCUT2D eigenvalue weighted by atomic mass is 9.98. The van der Waals surface area contributed by atoms with Crippen LogP contribution in [0.3, 0.4) is 0 Å². The molecule has 10 nitrogen and oxygen atoms in total. The first-order valence-corrected chi connectivity index (χ1v) is 13.7. The average Bonchev–Trinajstić information content (AvgIpc) is 3.39. The average molecular weight is 642 g/mol. The highest BCUT2D eigenvalue weighted by Gasteiger charge is 2.30. The van der Waals surface area contributed by atoms with Gasteiger partial charge in [0, 0.05) is 18.2 Å². The zero-order valence-electron chi connectivity index (χ0n) is 25.6. The van der Waals surface area contributed by atoms with Crippen molar-refractivity contribution in [2.75, 3.05) is 33.1 Å². The van der Waals surface area contributed by atoms with E-state index in [-0.39, 0.29) is 56.4 Å². The minimum Gasteiger partial charge on any atom is -0.496 e. The molecule has 242 valence electrons. The fourth-order valence-corrected chi connectivity index (χ4v) is 4.47. The van der Waals surface area contributed by atoms with Gasteiger partial charge >= 0.3 is 6.18 Å². The standard InChI is InChI=1S/C32H31F4N5O5/c1-17(39-16-44-5)31(2,3)41-28(42)22-13-19(9-12-24(22)45-6)21-14-23-25(29(43)37-4)26(18-7-10-20(33)11-8-18)46-30(23)40-27(21)38-15-32(34,35)36/h7-14,16H,1,15H2,2-6H3,(H,37,43)(H,38,40)(H,41,42)/b39-16-. The number of carbonyl (C=O) groups is 2. The molecule has 0 atom stereocenters. The van der Waals surface area contributed by atoms with Gasteiger partial charge in [0.25, 0.3) is 11.8 Å². The van der Waals surface area contributed by atoms with Gasteiger partial charge < -0.3 is 29.8 Å². The van der Waals surface area contributed by atoms with Crippen LogP contribution in [-0.4, -0.2) is 62.7 Å². The van der Waals surface area contributed by atoms with Gasteiger partial charge in [-0.15, -0.1) is 0 Å². The highest BCUT2D eigenvalue weighted by Crippen LogP contribution is 2.39. The van der Waals surface area contributed by atoms with Gasteiger partial charge in [0.2, 0.25) is 5.71 Å². The second kappa shape index (κ2) is 13.3. The summed E-state index contributed by atoms with van der Waals surface area (Å²) in [7, 11) is 4.17. The molecule has 0 unspecified atom stereocenters. The summed E-state index contributed by atoms with van der Waals surface area (Å²) in [6.45, 7) is 5.77. The quantitative estimate of drug-likeness (QED) is 0.0991. The number of pyridine rings is 1. The number of anilines is 1. The number of fused-ring (bicyclic) bond motifs is 1. The molecule has 4 aromatic rings. The van der Waals surface area contributed by atoms with Gasteiger partial charge in [-0.3, -0.25) is 9.59 Å². The van der Waals surface area contributed by atoms with Crippen LogP contribution in [0.5, 0.6) is 5.75 Å². The largest absolute Gasteiger partial charge is 0.496 e. The van der Waals surface area contributed by atoms with Crippen LogP contribution in [0.15, 0.2) is 70.2 Å². The van der Waals surface area contributed by atoms with E-state index in [4.69, 9.17) is 13.9 Å². The number of ether oxygens (including phenoxy) is 2. The molecule has 0 aliphatic heterocycles. The van der Waals surface area contributed by atoms with Crippen LogP contribution in [0.4, 0.5) is 23.4 Å². The normalized spacial score (nSPS) is 11.8. The van der Waals surface area contributed by atoms with Crippen molar-refractivity contribution < 1.29 is 41.0 Å². The molecule has 14 heteroatoms. The number of carbonyl (C=O) groups excluding carboxylic acids is 2. The van der Waals surface area contributed by atoms with E-state index in [9.17, 15) is 27.2 Å². The third-order valence-corrected chi connectivity index (χ3v) is 6.92. The third kappa shape index (κ3) is 7.28. The Morgan fingerprint density at radius 3 is 2.33 bits per heavy atom. The second-order valence-corrected chi connectivity index (χ2v) is 10.5. The van der Waals surface area contributed by atoms with Crippen LogP contribution >= 0.6 is 0 Å². The molecular weight excluding hydrogens is 610 g/mol. The van der Waals surface area contributed by atoms with Crippen molar-refractivity contribution in [3.05, 3.63) is 77.8 Å². The first kappa shape index (κ1) is 33.5. The Bertz CT molecular complexity index is 1810. The van der Waals surface area contributed by atoms with Gasteiger partial charge in [-0.25, -0.2) is 9.38 Å². The molecule has 2 amide bonds. The predicted molar refractivity (Wildman–Crippen MR) is 166 cm³/mol. The Morgan fingerprint density at radius 2 is 1.72 bits per heavy atom. The number of benzene rings is 2. The van der Waals surface area contributed by atoms with Crippen molar-refractivity contribution in [3.63, 3.8) is 0 Å². The molecule has 0 saturated heterocycles. The van der Waals surface area contributed by atoms with Gasteiger partial charge in [-0.1, -0.05) is 12.6 Å². The Labute approximate surface area is 261 Å². The lowest BCUT2D eigenvalue weighted by molar-refractivity contribution is -0.115. The summed E-state index contributed by atoms with van der Waals surface area (Å²) >= 11 is 0.